The van der Waals surface area contributed by atoms with Gasteiger partial charge in [-0.1, -0.05) is 17.7 Å². The lowest BCUT2D eigenvalue weighted by Crippen LogP contribution is -2.38. The van der Waals surface area contributed by atoms with E-state index in [0.717, 1.165) is 18.1 Å². The minimum atomic E-state index is 0.526. The van der Waals surface area contributed by atoms with Gasteiger partial charge in [-0.2, -0.15) is 0 Å². The molecule has 1 heterocycles. The molecule has 0 radical (unpaired) electrons. The molecule has 1 aliphatic rings. The van der Waals surface area contributed by atoms with Gasteiger partial charge in [0.15, 0.2) is 0 Å². The van der Waals surface area contributed by atoms with Crippen LogP contribution in [0.25, 0.3) is 0 Å². The average molecular weight is 253 g/mol. The van der Waals surface area contributed by atoms with Crippen molar-refractivity contribution in [1.82, 2.24) is 5.32 Å². The molecule has 1 N–H and O–H groups in total. The number of hydrogen-bond acceptors (Lipinski definition) is 2. The quantitative estimate of drug-likeness (QED) is 0.826. The van der Waals surface area contributed by atoms with E-state index in [9.17, 15) is 0 Å². The van der Waals surface area contributed by atoms with Crippen molar-refractivity contribution in [3.8, 4) is 0 Å². The predicted molar refractivity (Wildman–Crippen MR) is 75.1 cm³/mol. The molecule has 0 bridgehead atoms. The number of hydrogen-bond donors (Lipinski definition) is 1. The first-order valence-electron chi connectivity index (χ1n) is 6.34. The summed E-state index contributed by atoms with van der Waals surface area (Å²) in [4.78, 5) is 2.48. The molecule has 0 aliphatic carbocycles. The first kappa shape index (κ1) is 12.7. The molecule has 1 saturated heterocycles. The second-order valence-electron chi connectivity index (χ2n) is 5.03. The average Bonchev–Trinajstić information content (AvgIpc) is 2.45. The predicted octanol–water partition coefficient (Wildman–Crippen LogP) is 3.23. The van der Waals surface area contributed by atoms with Crippen molar-refractivity contribution in [3.63, 3.8) is 0 Å². The van der Waals surface area contributed by atoms with Crippen molar-refractivity contribution >= 4 is 17.3 Å². The lowest BCUT2D eigenvalue weighted by Gasteiger charge is -2.32. The standard InChI is InChI=1S/C14H21ClN2/c1-10-9-17(11(2)7-8-16-10)14-6-4-5-13(15)12(14)3/h4-6,10-11,16H,7-9H2,1-3H3. The van der Waals surface area contributed by atoms with E-state index in [0.29, 0.717) is 12.1 Å². The van der Waals surface area contributed by atoms with E-state index in [2.05, 4.69) is 37.1 Å². The van der Waals surface area contributed by atoms with Gasteiger partial charge >= 0.3 is 0 Å². The summed E-state index contributed by atoms with van der Waals surface area (Å²) in [5, 5.41) is 4.39. The molecule has 3 heteroatoms. The molecule has 1 fully saturated rings. The summed E-state index contributed by atoms with van der Waals surface area (Å²) in [7, 11) is 0. The zero-order valence-electron chi connectivity index (χ0n) is 10.8. The molecule has 2 atom stereocenters. The van der Waals surface area contributed by atoms with Crippen LogP contribution < -0.4 is 10.2 Å². The number of nitrogens with zero attached hydrogens (tertiary/aromatic N) is 1. The number of rotatable bonds is 1. The van der Waals surface area contributed by atoms with Crippen molar-refractivity contribution in [2.45, 2.75) is 39.3 Å². The Kier molecular flexibility index (Phi) is 3.95. The molecule has 2 nitrogen and oxygen atoms in total. The van der Waals surface area contributed by atoms with Crippen LogP contribution in [0.5, 0.6) is 0 Å². The van der Waals surface area contributed by atoms with E-state index in [4.69, 9.17) is 11.6 Å². The van der Waals surface area contributed by atoms with Gasteiger partial charge in [0, 0.05) is 29.3 Å². The van der Waals surface area contributed by atoms with E-state index >= 15 is 0 Å². The van der Waals surface area contributed by atoms with Crippen LogP contribution in [-0.4, -0.2) is 25.2 Å². The van der Waals surface area contributed by atoms with Gasteiger partial charge in [-0.05, 0) is 51.4 Å². The molecule has 2 rings (SSSR count). The molecule has 0 aromatic heterocycles. The Morgan fingerprint density at radius 2 is 2.12 bits per heavy atom. The molecule has 1 aliphatic heterocycles. The summed E-state index contributed by atoms with van der Waals surface area (Å²) in [6, 6.07) is 7.27. The minimum absolute atomic E-state index is 0.526. The number of anilines is 1. The van der Waals surface area contributed by atoms with E-state index in [1.54, 1.807) is 0 Å². The molecule has 0 spiro atoms. The molecule has 0 saturated carbocycles. The second-order valence-corrected chi connectivity index (χ2v) is 5.44. The maximum atomic E-state index is 6.22. The Morgan fingerprint density at radius 1 is 1.35 bits per heavy atom. The smallest absolute Gasteiger partial charge is 0.0455 e. The van der Waals surface area contributed by atoms with Gasteiger partial charge in [0.1, 0.15) is 0 Å². The van der Waals surface area contributed by atoms with E-state index in [1.807, 2.05) is 12.1 Å². The van der Waals surface area contributed by atoms with Crippen molar-refractivity contribution < 1.29 is 0 Å². The van der Waals surface area contributed by atoms with Crippen LogP contribution in [0, 0.1) is 6.92 Å². The largest absolute Gasteiger partial charge is 0.367 e. The van der Waals surface area contributed by atoms with Gasteiger partial charge in [-0.25, -0.2) is 0 Å². The van der Waals surface area contributed by atoms with Gasteiger partial charge < -0.3 is 10.2 Å². The molecule has 17 heavy (non-hydrogen) atoms. The van der Waals surface area contributed by atoms with Crippen LogP contribution in [0.2, 0.25) is 5.02 Å². The summed E-state index contributed by atoms with van der Waals surface area (Å²) >= 11 is 6.22. The van der Waals surface area contributed by atoms with Gasteiger partial charge in [0.25, 0.3) is 0 Å². The van der Waals surface area contributed by atoms with Crippen LogP contribution >= 0.6 is 11.6 Å². The lowest BCUT2D eigenvalue weighted by atomic mass is 10.1. The highest BCUT2D eigenvalue weighted by atomic mass is 35.5. The summed E-state index contributed by atoms with van der Waals surface area (Å²) < 4.78 is 0. The van der Waals surface area contributed by atoms with Crippen LogP contribution in [0.1, 0.15) is 25.8 Å². The van der Waals surface area contributed by atoms with Gasteiger partial charge in [-0.3, -0.25) is 0 Å². The fourth-order valence-electron chi connectivity index (χ4n) is 2.48. The van der Waals surface area contributed by atoms with Gasteiger partial charge in [0.2, 0.25) is 0 Å². The highest BCUT2D eigenvalue weighted by molar-refractivity contribution is 6.31. The van der Waals surface area contributed by atoms with Crippen molar-refractivity contribution in [2.24, 2.45) is 0 Å². The fourth-order valence-corrected chi connectivity index (χ4v) is 2.65. The third-order valence-corrected chi connectivity index (χ3v) is 4.02. The highest BCUT2D eigenvalue weighted by Gasteiger charge is 2.22. The number of halogens is 1. The Bertz CT molecular complexity index is 392. The summed E-state index contributed by atoms with van der Waals surface area (Å²) in [6.07, 6.45) is 1.18. The normalized spacial score (nSPS) is 25.8. The van der Waals surface area contributed by atoms with Gasteiger partial charge in [0.05, 0.1) is 0 Å². The van der Waals surface area contributed by atoms with Crippen molar-refractivity contribution in [2.75, 3.05) is 18.0 Å². The molecule has 1 aromatic carbocycles. The van der Waals surface area contributed by atoms with Crippen molar-refractivity contribution in [1.29, 1.82) is 0 Å². The first-order chi connectivity index (χ1) is 8.09. The van der Waals surface area contributed by atoms with E-state index in [-0.39, 0.29) is 0 Å². The zero-order valence-corrected chi connectivity index (χ0v) is 11.6. The molecule has 0 amide bonds. The summed E-state index contributed by atoms with van der Waals surface area (Å²) in [5.41, 5.74) is 2.47. The van der Waals surface area contributed by atoms with Crippen LogP contribution in [0.3, 0.4) is 0 Å². The molecular formula is C14H21ClN2. The Morgan fingerprint density at radius 3 is 2.88 bits per heavy atom. The topological polar surface area (TPSA) is 15.3 Å². The first-order valence-corrected chi connectivity index (χ1v) is 6.72. The maximum Gasteiger partial charge on any atom is 0.0455 e. The van der Waals surface area contributed by atoms with E-state index < -0.39 is 0 Å². The Balaban J connectivity index is 2.32. The van der Waals surface area contributed by atoms with E-state index in [1.165, 1.54) is 17.7 Å². The fraction of sp³-hybridized carbons (Fsp3) is 0.571. The Labute approximate surface area is 109 Å². The number of benzene rings is 1. The van der Waals surface area contributed by atoms with Crippen LogP contribution in [0.15, 0.2) is 18.2 Å². The maximum absolute atomic E-state index is 6.22. The van der Waals surface area contributed by atoms with Crippen LogP contribution in [0.4, 0.5) is 5.69 Å². The number of nitrogens with one attached hydrogen (secondary N) is 1. The molecule has 1 aromatic rings. The minimum Gasteiger partial charge on any atom is -0.367 e. The third-order valence-electron chi connectivity index (χ3n) is 3.61. The highest BCUT2D eigenvalue weighted by Crippen LogP contribution is 2.29. The lowest BCUT2D eigenvalue weighted by molar-refractivity contribution is 0.584. The SMILES string of the molecule is Cc1c(Cl)cccc1N1CC(C)NCCC1C. The summed E-state index contributed by atoms with van der Waals surface area (Å²) in [5.74, 6) is 0. The summed E-state index contributed by atoms with van der Waals surface area (Å²) in [6.45, 7) is 8.78. The molecule has 2 unspecified atom stereocenters. The van der Waals surface area contributed by atoms with Crippen molar-refractivity contribution in [3.05, 3.63) is 28.8 Å². The monoisotopic (exact) mass is 252 g/mol. The van der Waals surface area contributed by atoms with Crippen LogP contribution in [-0.2, 0) is 0 Å². The van der Waals surface area contributed by atoms with Gasteiger partial charge in [-0.15, -0.1) is 0 Å². The molecular weight excluding hydrogens is 232 g/mol. The molecule has 94 valence electrons. The second kappa shape index (κ2) is 5.28. The Hall–Kier alpha value is -0.730. The third kappa shape index (κ3) is 2.75. The zero-order chi connectivity index (χ0) is 12.4.